The van der Waals surface area contributed by atoms with Gasteiger partial charge in [-0.1, -0.05) is 65.9 Å². The van der Waals surface area contributed by atoms with E-state index in [1.807, 2.05) is 67.6 Å². The molecule has 33 heavy (non-hydrogen) atoms. The van der Waals surface area contributed by atoms with Gasteiger partial charge in [0.2, 0.25) is 5.91 Å². The number of nitrogens with zero attached hydrogens (tertiary/aromatic N) is 2. The number of aromatic nitrogens is 2. The number of hydrazine groups is 1. The van der Waals surface area contributed by atoms with Crippen LogP contribution in [0.4, 0.5) is 0 Å². The summed E-state index contributed by atoms with van der Waals surface area (Å²) in [6.07, 6.45) is 0. The number of para-hydroxylation sites is 1. The Balaban J connectivity index is 1.51. The highest BCUT2D eigenvalue weighted by Gasteiger charge is 2.15. The van der Waals surface area contributed by atoms with Crippen molar-refractivity contribution in [1.29, 1.82) is 0 Å². The highest BCUT2D eigenvalue weighted by Crippen LogP contribution is 2.32. The summed E-state index contributed by atoms with van der Waals surface area (Å²) in [5.41, 5.74) is 7.95. The van der Waals surface area contributed by atoms with Gasteiger partial charge >= 0.3 is 0 Å². The number of thioether (sulfide) groups is 1. The summed E-state index contributed by atoms with van der Waals surface area (Å²) < 4.78 is 5.49. The Morgan fingerprint density at radius 2 is 1.67 bits per heavy atom. The molecule has 7 nitrogen and oxygen atoms in total. The molecule has 8 heteroatoms. The van der Waals surface area contributed by atoms with Crippen LogP contribution in [-0.4, -0.2) is 34.6 Å². The highest BCUT2D eigenvalue weighted by atomic mass is 32.2. The summed E-state index contributed by atoms with van der Waals surface area (Å²) >= 11 is 1.27. The maximum Gasteiger partial charge on any atom is 0.269 e. The maximum atomic E-state index is 12.4. The molecule has 0 aliphatic carbocycles. The number of benzene rings is 3. The van der Waals surface area contributed by atoms with Gasteiger partial charge in [0.05, 0.1) is 12.9 Å². The zero-order valence-corrected chi connectivity index (χ0v) is 19.0. The molecule has 0 saturated carbocycles. The standard InChI is InChI=1S/C25H22N4O3S/c1-16-11-13-18(14-12-16)24(31)29-28-21(30)15-33-25-19-9-6-10-20(32-2)22(19)26-23(27-25)17-7-4-3-5-8-17/h3-14H,15H2,1-2H3,(H,28,30)(H,29,31). The fourth-order valence-electron chi connectivity index (χ4n) is 3.16. The van der Waals surface area contributed by atoms with Gasteiger partial charge in [0.1, 0.15) is 16.3 Å². The average Bonchev–Trinajstić information content (AvgIpc) is 2.86. The van der Waals surface area contributed by atoms with Gasteiger partial charge < -0.3 is 4.74 Å². The number of rotatable bonds is 6. The lowest BCUT2D eigenvalue weighted by Gasteiger charge is -2.11. The molecule has 0 unspecified atom stereocenters. The summed E-state index contributed by atoms with van der Waals surface area (Å²) in [6.45, 7) is 1.94. The molecule has 0 spiro atoms. The molecule has 0 bridgehead atoms. The predicted molar refractivity (Wildman–Crippen MR) is 129 cm³/mol. The minimum absolute atomic E-state index is 0.0612. The van der Waals surface area contributed by atoms with Gasteiger partial charge in [0.25, 0.3) is 5.91 Å². The van der Waals surface area contributed by atoms with Gasteiger partial charge in [0, 0.05) is 16.5 Å². The van der Waals surface area contributed by atoms with Crippen molar-refractivity contribution in [3.8, 4) is 17.1 Å². The largest absolute Gasteiger partial charge is 0.494 e. The van der Waals surface area contributed by atoms with Crippen LogP contribution in [0, 0.1) is 6.92 Å². The number of carbonyl (C=O) groups is 2. The Morgan fingerprint density at radius 1 is 0.909 bits per heavy atom. The number of hydrogen-bond acceptors (Lipinski definition) is 6. The third-order valence-corrected chi connectivity index (χ3v) is 5.87. The number of fused-ring (bicyclic) bond motifs is 1. The van der Waals surface area contributed by atoms with Crippen molar-refractivity contribution in [2.45, 2.75) is 11.9 Å². The molecule has 2 amide bonds. The highest BCUT2D eigenvalue weighted by molar-refractivity contribution is 8.00. The van der Waals surface area contributed by atoms with Gasteiger partial charge in [-0.15, -0.1) is 0 Å². The SMILES string of the molecule is COc1cccc2c(SCC(=O)NNC(=O)c3ccc(C)cc3)nc(-c3ccccc3)nc12. The molecule has 0 saturated heterocycles. The topological polar surface area (TPSA) is 93.2 Å². The van der Waals surface area contributed by atoms with Crippen LogP contribution in [0.15, 0.2) is 77.8 Å². The van der Waals surface area contributed by atoms with Crippen molar-refractivity contribution in [2.24, 2.45) is 0 Å². The van der Waals surface area contributed by atoms with Crippen LogP contribution in [0.2, 0.25) is 0 Å². The van der Waals surface area contributed by atoms with Crippen molar-refractivity contribution in [2.75, 3.05) is 12.9 Å². The minimum Gasteiger partial charge on any atom is -0.494 e. The molecule has 4 rings (SSSR count). The van der Waals surface area contributed by atoms with E-state index in [4.69, 9.17) is 14.7 Å². The Labute approximate surface area is 195 Å². The zero-order chi connectivity index (χ0) is 23.2. The molecule has 2 N–H and O–H groups in total. The fraction of sp³-hybridized carbons (Fsp3) is 0.120. The molecule has 4 aromatic rings. The fourth-order valence-corrected chi connectivity index (χ4v) is 3.97. The monoisotopic (exact) mass is 458 g/mol. The van der Waals surface area contributed by atoms with Crippen molar-refractivity contribution in [3.63, 3.8) is 0 Å². The first-order valence-electron chi connectivity index (χ1n) is 10.2. The minimum atomic E-state index is -0.378. The van der Waals surface area contributed by atoms with Gasteiger partial charge in [-0.2, -0.15) is 0 Å². The van der Waals surface area contributed by atoms with E-state index in [0.717, 1.165) is 16.5 Å². The van der Waals surface area contributed by atoms with E-state index in [1.54, 1.807) is 19.2 Å². The summed E-state index contributed by atoms with van der Waals surface area (Å²) in [6, 6.07) is 22.3. The van der Waals surface area contributed by atoms with Crippen molar-refractivity contribution < 1.29 is 14.3 Å². The third kappa shape index (κ3) is 5.30. The summed E-state index contributed by atoms with van der Waals surface area (Å²) in [7, 11) is 1.59. The first-order chi connectivity index (χ1) is 16.0. The number of hydrogen-bond donors (Lipinski definition) is 2. The quantitative estimate of drug-likeness (QED) is 0.256. The van der Waals surface area contributed by atoms with Crippen LogP contribution in [0.5, 0.6) is 5.75 Å². The van der Waals surface area contributed by atoms with Crippen molar-refractivity contribution in [1.82, 2.24) is 20.8 Å². The first-order valence-corrected chi connectivity index (χ1v) is 11.2. The molecule has 0 atom stereocenters. The maximum absolute atomic E-state index is 12.4. The van der Waals surface area contributed by atoms with Gasteiger partial charge in [-0.05, 0) is 31.2 Å². The van der Waals surface area contributed by atoms with E-state index in [9.17, 15) is 9.59 Å². The van der Waals surface area contributed by atoms with Gasteiger partial charge in [-0.25, -0.2) is 9.97 Å². The van der Waals surface area contributed by atoms with Crippen LogP contribution in [0.1, 0.15) is 15.9 Å². The second-order valence-corrected chi connectivity index (χ2v) is 8.20. The number of methoxy groups -OCH3 is 1. The average molecular weight is 459 g/mol. The molecule has 3 aromatic carbocycles. The molecule has 0 radical (unpaired) electrons. The lowest BCUT2D eigenvalue weighted by molar-refractivity contribution is -0.119. The van der Waals surface area contributed by atoms with E-state index in [-0.39, 0.29) is 17.6 Å². The summed E-state index contributed by atoms with van der Waals surface area (Å²) in [4.78, 5) is 34.0. The molecule has 0 aliphatic heterocycles. The number of aryl methyl sites for hydroxylation is 1. The first kappa shape index (κ1) is 22.3. The van der Waals surface area contributed by atoms with Crippen molar-refractivity contribution >= 4 is 34.5 Å². The van der Waals surface area contributed by atoms with Crippen LogP contribution in [0.3, 0.4) is 0 Å². The van der Waals surface area contributed by atoms with E-state index < -0.39 is 0 Å². The Bertz CT molecular complexity index is 1290. The second-order valence-electron chi connectivity index (χ2n) is 7.23. The molecule has 1 heterocycles. The predicted octanol–water partition coefficient (Wildman–Crippen LogP) is 4.17. The molecule has 166 valence electrons. The molecule has 1 aromatic heterocycles. The van der Waals surface area contributed by atoms with Crippen molar-refractivity contribution in [3.05, 3.63) is 83.9 Å². The number of ether oxygens (including phenoxy) is 1. The van der Waals surface area contributed by atoms with Gasteiger partial charge in [0.15, 0.2) is 5.82 Å². The summed E-state index contributed by atoms with van der Waals surface area (Å²) in [5, 5.41) is 1.44. The second kappa shape index (κ2) is 10.1. The van der Waals surface area contributed by atoms with Crippen LogP contribution in [-0.2, 0) is 4.79 Å². The lowest BCUT2D eigenvalue weighted by atomic mass is 10.1. The van der Waals surface area contributed by atoms with Crippen LogP contribution < -0.4 is 15.6 Å². The number of amides is 2. The Morgan fingerprint density at radius 3 is 2.39 bits per heavy atom. The van der Waals surface area contributed by atoms with E-state index in [2.05, 4.69) is 10.9 Å². The van der Waals surface area contributed by atoms with E-state index in [0.29, 0.717) is 27.7 Å². The van der Waals surface area contributed by atoms with Gasteiger partial charge in [-0.3, -0.25) is 20.4 Å². The lowest BCUT2D eigenvalue weighted by Crippen LogP contribution is -2.42. The number of carbonyl (C=O) groups excluding carboxylic acids is 2. The summed E-state index contributed by atoms with van der Waals surface area (Å²) in [5.74, 6) is 0.506. The molecule has 0 fully saturated rings. The van der Waals surface area contributed by atoms with Crippen LogP contribution in [0.25, 0.3) is 22.3 Å². The smallest absolute Gasteiger partial charge is 0.269 e. The molecular formula is C25H22N4O3S. The Hall–Kier alpha value is -3.91. The molecule has 0 aliphatic rings. The van der Waals surface area contributed by atoms with Crippen LogP contribution >= 0.6 is 11.8 Å². The Kier molecular flexibility index (Phi) is 6.85. The number of nitrogens with one attached hydrogen (secondary N) is 2. The normalized spacial score (nSPS) is 10.6. The third-order valence-electron chi connectivity index (χ3n) is 4.88. The molecular weight excluding hydrogens is 436 g/mol. The zero-order valence-electron chi connectivity index (χ0n) is 18.2. The van der Waals surface area contributed by atoms with E-state index in [1.165, 1.54) is 11.8 Å². The van der Waals surface area contributed by atoms with E-state index >= 15 is 0 Å².